The van der Waals surface area contributed by atoms with Crippen LogP contribution in [0.3, 0.4) is 0 Å². The van der Waals surface area contributed by atoms with Crippen molar-refractivity contribution in [2.24, 2.45) is 0 Å². The third kappa shape index (κ3) is 3.59. The van der Waals surface area contributed by atoms with E-state index in [9.17, 15) is 4.79 Å². The van der Waals surface area contributed by atoms with Gasteiger partial charge in [0, 0.05) is 16.0 Å². The van der Waals surface area contributed by atoms with Crippen molar-refractivity contribution in [1.29, 1.82) is 0 Å². The van der Waals surface area contributed by atoms with Crippen LogP contribution in [-0.2, 0) is 0 Å². The zero-order valence-corrected chi connectivity index (χ0v) is 12.4. The SMILES string of the molecule is O=C(NCCC1=CCCC1)c1ccc(Cl)cc1Br. The number of carbonyl (C=O) groups is 1. The number of nitrogens with one attached hydrogen (secondary N) is 1. The average Bonchev–Trinajstić information content (AvgIpc) is 2.81. The zero-order valence-electron chi connectivity index (χ0n) is 10.0. The predicted octanol–water partition coefficient (Wildman–Crippen LogP) is 4.33. The molecule has 0 spiro atoms. The molecule has 0 bridgehead atoms. The number of rotatable bonds is 4. The van der Waals surface area contributed by atoms with E-state index in [1.807, 2.05) is 0 Å². The Kier molecular flexibility index (Phi) is 4.84. The first-order valence-corrected chi connectivity index (χ1v) is 7.25. The van der Waals surface area contributed by atoms with Gasteiger partial charge in [-0.05, 0) is 59.8 Å². The molecule has 96 valence electrons. The van der Waals surface area contributed by atoms with E-state index >= 15 is 0 Å². The van der Waals surface area contributed by atoms with Gasteiger partial charge in [0.05, 0.1) is 5.56 Å². The van der Waals surface area contributed by atoms with Gasteiger partial charge in [-0.2, -0.15) is 0 Å². The van der Waals surface area contributed by atoms with E-state index in [1.54, 1.807) is 18.2 Å². The molecule has 0 aromatic heterocycles. The second-order valence-electron chi connectivity index (χ2n) is 4.38. The van der Waals surface area contributed by atoms with E-state index in [0.29, 0.717) is 17.1 Å². The monoisotopic (exact) mass is 327 g/mol. The second kappa shape index (κ2) is 6.39. The summed E-state index contributed by atoms with van der Waals surface area (Å²) in [6, 6.07) is 5.19. The first-order valence-electron chi connectivity index (χ1n) is 6.08. The van der Waals surface area contributed by atoms with Gasteiger partial charge in [-0.3, -0.25) is 4.79 Å². The highest BCUT2D eigenvalue weighted by molar-refractivity contribution is 9.10. The highest BCUT2D eigenvalue weighted by atomic mass is 79.9. The topological polar surface area (TPSA) is 29.1 Å². The number of hydrogen-bond donors (Lipinski definition) is 1. The summed E-state index contributed by atoms with van der Waals surface area (Å²) in [5, 5.41) is 3.55. The molecule has 1 aliphatic carbocycles. The fourth-order valence-corrected chi connectivity index (χ4v) is 2.93. The zero-order chi connectivity index (χ0) is 13.0. The van der Waals surface area contributed by atoms with Crippen molar-refractivity contribution in [2.45, 2.75) is 25.7 Å². The highest BCUT2D eigenvalue weighted by Crippen LogP contribution is 2.22. The van der Waals surface area contributed by atoms with Crippen molar-refractivity contribution < 1.29 is 4.79 Å². The lowest BCUT2D eigenvalue weighted by Gasteiger charge is -2.07. The minimum absolute atomic E-state index is 0.0582. The van der Waals surface area contributed by atoms with Crippen LogP contribution in [0.1, 0.15) is 36.0 Å². The van der Waals surface area contributed by atoms with Crippen LogP contribution in [0.4, 0.5) is 0 Å². The Labute approximate surface area is 121 Å². The van der Waals surface area contributed by atoms with Gasteiger partial charge in [0.25, 0.3) is 5.91 Å². The van der Waals surface area contributed by atoms with E-state index in [-0.39, 0.29) is 5.91 Å². The fourth-order valence-electron chi connectivity index (χ4n) is 2.07. The maximum Gasteiger partial charge on any atom is 0.252 e. The quantitative estimate of drug-likeness (QED) is 0.819. The minimum Gasteiger partial charge on any atom is -0.352 e. The fraction of sp³-hybridized carbons (Fsp3) is 0.357. The maximum atomic E-state index is 11.9. The van der Waals surface area contributed by atoms with E-state index in [4.69, 9.17) is 11.6 Å². The van der Waals surface area contributed by atoms with Crippen molar-refractivity contribution in [3.05, 3.63) is 44.9 Å². The van der Waals surface area contributed by atoms with Crippen LogP contribution < -0.4 is 5.32 Å². The molecule has 0 aliphatic heterocycles. The molecule has 2 rings (SSSR count). The van der Waals surface area contributed by atoms with Crippen LogP contribution in [0.5, 0.6) is 0 Å². The molecule has 1 N–H and O–H groups in total. The third-order valence-corrected chi connectivity index (χ3v) is 3.93. The molecule has 0 heterocycles. The van der Waals surface area contributed by atoms with Gasteiger partial charge in [0.2, 0.25) is 0 Å². The molecule has 0 saturated carbocycles. The number of amides is 1. The van der Waals surface area contributed by atoms with E-state index in [0.717, 1.165) is 10.9 Å². The average molecular weight is 329 g/mol. The first kappa shape index (κ1) is 13.6. The lowest BCUT2D eigenvalue weighted by atomic mass is 10.1. The van der Waals surface area contributed by atoms with Crippen LogP contribution in [0.2, 0.25) is 5.02 Å². The largest absolute Gasteiger partial charge is 0.352 e. The van der Waals surface area contributed by atoms with Crippen LogP contribution in [-0.4, -0.2) is 12.5 Å². The molecule has 0 unspecified atom stereocenters. The molecule has 18 heavy (non-hydrogen) atoms. The lowest BCUT2D eigenvalue weighted by Crippen LogP contribution is -2.25. The molecule has 1 aliphatic rings. The number of hydrogen-bond acceptors (Lipinski definition) is 1. The normalized spacial score (nSPS) is 14.4. The van der Waals surface area contributed by atoms with Crippen molar-refractivity contribution in [2.75, 3.05) is 6.54 Å². The van der Waals surface area contributed by atoms with Crippen molar-refractivity contribution >= 4 is 33.4 Å². The summed E-state index contributed by atoms with van der Waals surface area (Å²) in [6.07, 6.45) is 6.86. The van der Waals surface area contributed by atoms with Gasteiger partial charge in [0.1, 0.15) is 0 Å². The summed E-state index contributed by atoms with van der Waals surface area (Å²) in [6.45, 7) is 0.694. The Balaban J connectivity index is 1.87. The Morgan fingerprint density at radius 3 is 2.94 bits per heavy atom. The standard InChI is InChI=1S/C14H15BrClNO/c15-13-9-11(16)5-6-12(13)14(18)17-8-7-10-3-1-2-4-10/h3,5-6,9H,1-2,4,7-8H2,(H,17,18). The number of halogens is 2. The van der Waals surface area contributed by atoms with Crippen LogP contribution >= 0.6 is 27.5 Å². The van der Waals surface area contributed by atoms with E-state index in [1.165, 1.54) is 24.8 Å². The summed E-state index contributed by atoms with van der Waals surface area (Å²) >= 11 is 9.19. The van der Waals surface area contributed by atoms with Crippen molar-refractivity contribution in [3.63, 3.8) is 0 Å². The van der Waals surface area contributed by atoms with Gasteiger partial charge in [0.15, 0.2) is 0 Å². The highest BCUT2D eigenvalue weighted by Gasteiger charge is 2.10. The maximum absolute atomic E-state index is 11.9. The van der Waals surface area contributed by atoms with Crippen LogP contribution in [0.25, 0.3) is 0 Å². The number of allylic oxidation sites excluding steroid dienone is 1. The summed E-state index contributed by atoms with van der Waals surface area (Å²) < 4.78 is 0.729. The summed E-state index contributed by atoms with van der Waals surface area (Å²) in [4.78, 5) is 11.9. The third-order valence-electron chi connectivity index (χ3n) is 3.04. The van der Waals surface area contributed by atoms with Gasteiger partial charge < -0.3 is 5.32 Å². The minimum atomic E-state index is -0.0582. The predicted molar refractivity (Wildman–Crippen MR) is 78.0 cm³/mol. The summed E-state index contributed by atoms with van der Waals surface area (Å²) in [7, 11) is 0. The van der Waals surface area contributed by atoms with Gasteiger partial charge in [-0.15, -0.1) is 0 Å². The smallest absolute Gasteiger partial charge is 0.252 e. The van der Waals surface area contributed by atoms with Gasteiger partial charge in [-0.1, -0.05) is 23.3 Å². The van der Waals surface area contributed by atoms with Gasteiger partial charge >= 0.3 is 0 Å². The van der Waals surface area contributed by atoms with Crippen molar-refractivity contribution in [1.82, 2.24) is 5.32 Å². The molecular weight excluding hydrogens is 314 g/mol. The molecule has 1 amide bonds. The molecule has 4 heteroatoms. The Morgan fingerprint density at radius 1 is 1.44 bits per heavy atom. The Morgan fingerprint density at radius 2 is 2.28 bits per heavy atom. The molecule has 1 aromatic carbocycles. The summed E-state index contributed by atoms with van der Waals surface area (Å²) in [5.41, 5.74) is 2.09. The van der Waals surface area contributed by atoms with Gasteiger partial charge in [-0.25, -0.2) is 0 Å². The lowest BCUT2D eigenvalue weighted by molar-refractivity contribution is 0.0953. The number of carbonyl (C=O) groups excluding carboxylic acids is 1. The number of benzene rings is 1. The van der Waals surface area contributed by atoms with Crippen molar-refractivity contribution in [3.8, 4) is 0 Å². The van der Waals surface area contributed by atoms with Crippen LogP contribution in [0.15, 0.2) is 34.3 Å². The Bertz CT molecular complexity index is 485. The molecule has 0 radical (unpaired) electrons. The first-order chi connectivity index (χ1) is 8.66. The van der Waals surface area contributed by atoms with E-state index < -0.39 is 0 Å². The molecular formula is C14H15BrClNO. The molecule has 0 saturated heterocycles. The molecule has 0 fully saturated rings. The van der Waals surface area contributed by atoms with E-state index in [2.05, 4.69) is 27.3 Å². The second-order valence-corrected chi connectivity index (χ2v) is 5.68. The Hall–Kier alpha value is -0.800. The molecule has 0 atom stereocenters. The molecule has 1 aromatic rings. The van der Waals surface area contributed by atoms with Crippen LogP contribution in [0, 0.1) is 0 Å². The molecule has 2 nitrogen and oxygen atoms in total. The summed E-state index contributed by atoms with van der Waals surface area (Å²) in [5.74, 6) is -0.0582.